The zero-order valence-corrected chi connectivity index (χ0v) is 13.5. The summed E-state index contributed by atoms with van der Waals surface area (Å²) in [7, 11) is 0. The lowest BCUT2D eigenvalue weighted by Crippen LogP contribution is -2.31. The van der Waals surface area contributed by atoms with Gasteiger partial charge in [-0.2, -0.15) is 0 Å². The van der Waals surface area contributed by atoms with Crippen molar-refractivity contribution in [2.75, 3.05) is 6.54 Å². The molecule has 1 aromatic rings. The maximum absolute atomic E-state index is 6.37. The van der Waals surface area contributed by atoms with Gasteiger partial charge in [-0.3, -0.25) is 4.98 Å². The average Bonchev–Trinajstić information content (AvgIpc) is 2.50. The molecule has 0 spiro atoms. The van der Waals surface area contributed by atoms with Gasteiger partial charge in [-0.05, 0) is 49.3 Å². The second-order valence-corrected chi connectivity index (χ2v) is 6.43. The monoisotopic (exact) mass is 294 g/mol. The average molecular weight is 295 g/mol. The molecule has 2 nitrogen and oxygen atoms in total. The molecule has 0 radical (unpaired) electrons. The Morgan fingerprint density at radius 1 is 1.30 bits per heavy atom. The Bertz CT molecular complexity index is 400. The lowest BCUT2D eigenvalue weighted by atomic mass is 9.76. The molecule has 0 aromatic carbocycles. The first kappa shape index (κ1) is 15.8. The van der Waals surface area contributed by atoms with Gasteiger partial charge in [-0.25, -0.2) is 0 Å². The van der Waals surface area contributed by atoms with E-state index in [0.29, 0.717) is 12.0 Å². The molecular formula is C17H27ClN2. The zero-order valence-electron chi connectivity index (χ0n) is 12.7. The molecule has 3 heteroatoms. The minimum Gasteiger partial charge on any atom is -0.310 e. The normalized spacial score (nSPS) is 24.6. The summed E-state index contributed by atoms with van der Waals surface area (Å²) in [6.45, 7) is 5.58. The smallest absolute Gasteiger partial charge is 0.0637 e. The van der Waals surface area contributed by atoms with Crippen LogP contribution in [0.2, 0.25) is 5.02 Å². The first-order valence-electron chi connectivity index (χ1n) is 8.09. The highest BCUT2D eigenvalue weighted by Gasteiger charge is 2.28. The molecule has 1 saturated carbocycles. The summed E-state index contributed by atoms with van der Waals surface area (Å²) >= 11 is 6.37. The summed E-state index contributed by atoms with van der Waals surface area (Å²) in [5, 5.41) is 4.52. The van der Waals surface area contributed by atoms with Gasteiger partial charge in [0.1, 0.15) is 0 Å². The van der Waals surface area contributed by atoms with Gasteiger partial charge < -0.3 is 5.32 Å². The van der Waals surface area contributed by atoms with E-state index in [0.717, 1.165) is 23.9 Å². The van der Waals surface area contributed by atoms with E-state index < -0.39 is 0 Å². The van der Waals surface area contributed by atoms with Crippen LogP contribution in [-0.4, -0.2) is 11.5 Å². The van der Waals surface area contributed by atoms with Crippen LogP contribution < -0.4 is 5.32 Å². The highest BCUT2D eigenvalue weighted by molar-refractivity contribution is 6.31. The number of hydrogen-bond acceptors (Lipinski definition) is 2. The zero-order chi connectivity index (χ0) is 14.4. The third-order valence-electron chi connectivity index (χ3n) is 4.69. The van der Waals surface area contributed by atoms with Gasteiger partial charge >= 0.3 is 0 Å². The van der Waals surface area contributed by atoms with Crippen LogP contribution in [0.1, 0.15) is 64.0 Å². The molecule has 20 heavy (non-hydrogen) atoms. The van der Waals surface area contributed by atoms with Crippen molar-refractivity contribution in [1.29, 1.82) is 0 Å². The minimum absolute atomic E-state index is 0.392. The summed E-state index contributed by atoms with van der Waals surface area (Å²) < 4.78 is 0. The van der Waals surface area contributed by atoms with E-state index in [1.165, 1.54) is 37.7 Å². The summed E-state index contributed by atoms with van der Waals surface area (Å²) in [6.07, 6.45) is 11.5. The predicted octanol–water partition coefficient (Wildman–Crippen LogP) is 4.99. The van der Waals surface area contributed by atoms with Crippen LogP contribution in [0.15, 0.2) is 18.5 Å². The van der Waals surface area contributed by atoms with Crippen molar-refractivity contribution in [2.24, 2.45) is 11.8 Å². The Labute approximate surface area is 128 Å². The number of halogens is 1. The second kappa shape index (κ2) is 7.99. The van der Waals surface area contributed by atoms with Crippen LogP contribution in [0.3, 0.4) is 0 Å². The molecule has 1 N–H and O–H groups in total. The molecular weight excluding hydrogens is 268 g/mol. The molecule has 1 fully saturated rings. The van der Waals surface area contributed by atoms with Gasteiger partial charge in [0.25, 0.3) is 0 Å². The first-order chi connectivity index (χ1) is 9.76. The molecule has 1 atom stereocenters. The molecule has 0 amide bonds. The number of hydrogen-bond donors (Lipinski definition) is 1. The molecule has 2 rings (SSSR count). The number of pyridine rings is 1. The number of rotatable bonds is 6. The number of aromatic nitrogens is 1. The highest BCUT2D eigenvalue weighted by Crippen LogP contribution is 2.39. The van der Waals surface area contributed by atoms with Gasteiger partial charge in [0.15, 0.2) is 0 Å². The molecule has 0 aliphatic heterocycles. The Hall–Kier alpha value is -0.600. The molecule has 0 saturated heterocycles. The Morgan fingerprint density at radius 2 is 2.05 bits per heavy atom. The Morgan fingerprint density at radius 3 is 2.65 bits per heavy atom. The maximum Gasteiger partial charge on any atom is 0.0637 e. The Balaban J connectivity index is 2.10. The van der Waals surface area contributed by atoms with Crippen molar-refractivity contribution < 1.29 is 0 Å². The van der Waals surface area contributed by atoms with Crippen molar-refractivity contribution in [1.82, 2.24) is 10.3 Å². The van der Waals surface area contributed by atoms with E-state index in [4.69, 9.17) is 11.6 Å². The number of nitrogens with zero attached hydrogens (tertiary/aromatic N) is 1. The fraction of sp³-hybridized carbons (Fsp3) is 0.706. The third-order valence-corrected chi connectivity index (χ3v) is 5.01. The van der Waals surface area contributed by atoms with Crippen LogP contribution >= 0.6 is 11.6 Å². The van der Waals surface area contributed by atoms with Gasteiger partial charge in [-0.15, -0.1) is 0 Å². The van der Waals surface area contributed by atoms with Gasteiger partial charge in [0.05, 0.1) is 5.02 Å². The van der Waals surface area contributed by atoms with Crippen molar-refractivity contribution >= 4 is 11.6 Å². The summed E-state index contributed by atoms with van der Waals surface area (Å²) in [5.41, 5.74) is 1.23. The second-order valence-electron chi connectivity index (χ2n) is 6.02. The van der Waals surface area contributed by atoms with Gasteiger partial charge in [0.2, 0.25) is 0 Å². The molecule has 0 bridgehead atoms. The van der Waals surface area contributed by atoms with Crippen molar-refractivity contribution in [3.05, 3.63) is 29.0 Å². The molecule has 1 heterocycles. The molecule has 112 valence electrons. The van der Waals surface area contributed by atoms with Crippen LogP contribution in [0.4, 0.5) is 0 Å². The van der Waals surface area contributed by atoms with E-state index >= 15 is 0 Å². The van der Waals surface area contributed by atoms with Crippen LogP contribution in [0.25, 0.3) is 0 Å². The summed E-state index contributed by atoms with van der Waals surface area (Å²) in [5.74, 6) is 1.65. The highest BCUT2D eigenvalue weighted by atomic mass is 35.5. The third kappa shape index (κ3) is 3.95. The summed E-state index contributed by atoms with van der Waals surface area (Å²) in [6, 6.07) is 2.48. The van der Waals surface area contributed by atoms with Crippen molar-refractivity contribution in [3.8, 4) is 0 Å². The van der Waals surface area contributed by atoms with Crippen LogP contribution in [0.5, 0.6) is 0 Å². The minimum atomic E-state index is 0.392. The van der Waals surface area contributed by atoms with Gasteiger partial charge in [0, 0.05) is 18.4 Å². The first-order valence-corrected chi connectivity index (χ1v) is 8.46. The largest absolute Gasteiger partial charge is 0.310 e. The van der Waals surface area contributed by atoms with E-state index in [-0.39, 0.29) is 0 Å². The van der Waals surface area contributed by atoms with Crippen LogP contribution in [-0.2, 0) is 0 Å². The molecule has 1 aromatic heterocycles. The van der Waals surface area contributed by atoms with Crippen molar-refractivity contribution in [2.45, 2.75) is 58.4 Å². The summed E-state index contributed by atoms with van der Waals surface area (Å²) in [4.78, 5) is 4.12. The lowest BCUT2D eigenvalue weighted by molar-refractivity contribution is 0.219. The van der Waals surface area contributed by atoms with E-state index in [1.807, 2.05) is 6.20 Å². The van der Waals surface area contributed by atoms with Crippen LogP contribution in [0, 0.1) is 11.8 Å². The van der Waals surface area contributed by atoms with Gasteiger partial charge in [-0.1, -0.05) is 44.7 Å². The van der Waals surface area contributed by atoms with E-state index in [9.17, 15) is 0 Å². The number of nitrogens with one attached hydrogen (secondary N) is 1. The SMILES string of the molecule is CCCNC(c1ccncc1Cl)C1CCC(CC)CC1. The molecule has 1 aliphatic rings. The topological polar surface area (TPSA) is 24.9 Å². The van der Waals surface area contributed by atoms with E-state index in [2.05, 4.69) is 30.2 Å². The predicted molar refractivity (Wildman–Crippen MR) is 86.0 cm³/mol. The molecule has 1 aliphatic carbocycles. The molecule has 1 unspecified atom stereocenters. The van der Waals surface area contributed by atoms with Crippen molar-refractivity contribution in [3.63, 3.8) is 0 Å². The fourth-order valence-corrected chi connectivity index (χ4v) is 3.64. The Kier molecular flexibility index (Phi) is 6.31. The van der Waals surface area contributed by atoms with E-state index in [1.54, 1.807) is 6.20 Å². The lowest BCUT2D eigenvalue weighted by Gasteiger charge is -2.34. The quantitative estimate of drug-likeness (QED) is 0.799. The maximum atomic E-state index is 6.37. The fourth-order valence-electron chi connectivity index (χ4n) is 3.40. The standard InChI is InChI=1S/C17H27ClN2/c1-3-10-20-17(15-9-11-19-12-16(15)18)14-7-5-13(4-2)6-8-14/h9,11-14,17,20H,3-8,10H2,1-2H3.